The predicted octanol–water partition coefficient (Wildman–Crippen LogP) is 2.27. The number of rotatable bonds is 6. The highest BCUT2D eigenvalue weighted by Crippen LogP contribution is 2.25. The fourth-order valence-corrected chi connectivity index (χ4v) is 2.75. The smallest absolute Gasteiger partial charge is 0.255 e. The molecule has 8 heteroatoms. The zero-order valence-electron chi connectivity index (χ0n) is 14.6. The van der Waals surface area contributed by atoms with Crippen LogP contribution in [0.2, 0.25) is 0 Å². The van der Waals surface area contributed by atoms with Gasteiger partial charge in [-0.05, 0) is 31.2 Å². The molecule has 0 aliphatic heterocycles. The van der Waals surface area contributed by atoms with E-state index >= 15 is 0 Å². The third kappa shape index (κ3) is 4.17. The third-order valence-corrected chi connectivity index (χ3v) is 4.00. The lowest BCUT2D eigenvalue weighted by Crippen LogP contribution is -2.32. The highest BCUT2D eigenvalue weighted by atomic mass is 19.1. The van der Waals surface area contributed by atoms with Crippen LogP contribution in [0.3, 0.4) is 0 Å². The first-order chi connectivity index (χ1) is 13.0. The van der Waals surface area contributed by atoms with Crippen LogP contribution < -0.4 is 11.1 Å². The van der Waals surface area contributed by atoms with Crippen LogP contribution >= 0.6 is 0 Å². The van der Waals surface area contributed by atoms with Gasteiger partial charge in [0.05, 0.1) is 35.6 Å². The van der Waals surface area contributed by atoms with E-state index in [1.165, 1.54) is 12.3 Å². The average Bonchev–Trinajstić information content (AvgIpc) is 3.11. The van der Waals surface area contributed by atoms with Gasteiger partial charge in [0.15, 0.2) is 0 Å². The largest absolute Gasteiger partial charge is 0.370 e. The van der Waals surface area contributed by atoms with Crippen molar-refractivity contribution >= 4 is 11.8 Å². The standard InChI is InChI=1S/C19H18FN5O2/c1-11-5-4-8-15(23-11)16(9-17(21)26)24-19(27)13-10-22-25-18(13)12-6-2-3-7-14(12)20/h2-8,10,16H,9H2,1H3,(H2,21,26)(H,22,25)(H,24,27)/t16-/m0/s1. The minimum atomic E-state index is -0.710. The second-order valence-electron chi connectivity index (χ2n) is 6.04. The van der Waals surface area contributed by atoms with Crippen LogP contribution in [-0.4, -0.2) is 27.0 Å². The Morgan fingerprint density at radius 3 is 2.70 bits per heavy atom. The lowest BCUT2D eigenvalue weighted by atomic mass is 10.0. The van der Waals surface area contributed by atoms with Crippen LogP contribution in [-0.2, 0) is 4.79 Å². The number of aromatic nitrogens is 3. The number of hydrogen-bond acceptors (Lipinski definition) is 4. The molecule has 0 aliphatic rings. The molecule has 3 rings (SSSR count). The number of H-pyrrole nitrogens is 1. The molecule has 0 radical (unpaired) electrons. The number of nitrogens with two attached hydrogens (primary N) is 1. The molecule has 138 valence electrons. The molecule has 3 aromatic rings. The van der Waals surface area contributed by atoms with Gasteiger partial charge in [0.25, 0.3) is 5.91 Å². The van der Waals surface area contributed by atoms with E-state index in [0.29, 0.717) is 5.69 Å². The van der Waals surface area contributed by atoms with Crippen LogP contribution in [0.4, 0.5) is 4.39 Å². The molecule has 0 aliphatic carbocycles. The minimum Gasteiger partial charge on any atom is -0.370 e. The molecule has 0 fully saturated rings. The SMILES string of the molecule is Cc1cccc([C@H](CC(N)=O)NC(=O)c2cn[nH]c2-c2ccccc2F)n1. The summed E-state index contributed by atoms with van der Waals surface area (Å²) in [6.07, 6.45) is 1.19. The molecule has 0 unspecified atom stereocenters. The summed E-state index contributed by atoms with van der Waals surface area (Å²) in [5, 5.41) is 9.24. The van der Waals surface area contributed by atoms with Crippen molar-refractivity contribution in [2.24, 2.45) is 5.73 Å². The van der Waals surface area contributed by atoms with Crippen LogP contribution in [0.1, 0.15) is 34.2 Å². The lowest BCUT2D eigenvalue weighted by Gasteiger charge is -2.17. The maximum Gasteiger partial charge on any atom is 0.255 e. The van der Waals surface area contributed by atoms with Gasteiger partial charge >= 0.3 is 0 Å². The number of carbonyl (C=O) groups is 2. The summed E-state index contributed by atoms with van der Waals surface area (Å²) in [7, 11) is 0. The molecule has 7 nitrogen and oxygen atoms in total. The quantitative estimate of drug-likeness (QED) is 0.620. The van der Waals surface area contributed by atoms with Crippen molar-refractivity contribution in [2.45, 2.75) is 19.4 Å². The van der Waals surface area contributed by atoms with Crippen LogP contribution in [0, 0.1) is 12.7 Å². The van der Waals surface area contributed by atoms with E-state index in [4.69, 9.17) is 5.73 Å². The predicted molar refractivity (Wildman–Crippen MR) is 97.0 cm³/mol. The summed E-state index contributed by atoms with van der Waals surface area (Å²) >= 11 is 0. The summed E-state index contributed by atoms with van der Waals surface area (Å²) in [6.45, 7) is 1.80. The summed E-state index contributed by atoms with van der Waals surface area (Å²) < 4.78 is 14.1. The Hall–Kier alpha value is -3.55. The maximum atomic E-state index is 14.1. The molecule has 1 aromatic carbocycles. The summed E-state index contributed by atoms with van der Waals surface area (Å²) in [6, 6.07) is 10.6. The number of aryl methyl sites for hydroxylation is 1. The zero-order chi connectivity index (χ0) is 19.4. The number of carbonyl (C=O) groups excluding carboxylic acids is 2. The van der Waals surface area contributed by atoms with E-state index in [9.17, 15) is 14.0 Å². The molecular formula is C19H18FN5O2. The molecule has 0 spiro atoms. The first-order valence-electron chi connectivity index (χ1n) is 8.26. The Labute approximate surface area is 154 Å². The Balaban J connectivity index is 1.90. The van der Waals surface area contributed by atoms with Gasteiger partial charge in [0.2, 0.25) is 5.91 Å². The van der Waals surface area contributed by atoms with Crippen LogP contribution in [0.15, 0.2) is 48.7 Å². The van der Waals surface area contributed by atoms with Crippen molar-refractivity contribution in [2.75, 3.05) is 0 Å². The number of amides is 2. The molecule has 2 amide bonds. The van der Waals surface area contributed by atoms with Crippen molar-refractivity contribution in [3.63, 3.8) is 0 Å². The molecule has 0 saturated heterocycles. The van der Waals surface area contributed by atoms with Crippen molar-refractivity contribution in [1.29, 1.82) is 0 Å². The van der Waals surface area contributed by atoms with Gasteiger partial charge in [-0.15, -0.1) is 0 Å². The van der Waals surface area contributed by atoms with E-state index in [2.05, 4.69) is 20.5 Å². The molecule has 27 heavy (non-hydrogen) atoms. The molecule has 0 saturated carbocycles. The van der Waals surface area contributed by atoms with Crippen LogP contribution in [0.5, 0.6) is 0 Å². The molecule has 2 heterocycles. The number of nitrogens with one attached hydrogen (secondary N) is 2. The molecular weight excluding hydrogens is 349 g/mol. The Morgan fingerprint density at radius 2 is 2.00 bits per heavy atom. The number of hydrogen-bond donors (Lipinski definition) is 3. The first-order valence-corrected chi connectivity index (χ1v) is 8.26. The van der Waals surface area contributed by atoms with Gasteiger partial charge < -0.3 is 11.1 Å². The molecule has 4 N–H and O–H groups in total. The zero-order valence-corrected chi connectivity index (χ0v) is 14.6. The minimum absolute atomic E-state index is 0.116. The second kappa shape index (κ2) is 7.77. The fraction of sp³-hybridized carbons (Fsp3) is 0.158. The fourth-order valence-electron chi connectivity index (χ4n) is 2.75. The van der Waals surface area contributed by atoms with Gasteiger partial charge in [-0.25, -0.2) is 4.39 Å². The van der Waals surface area contributed by atoms with E-state index in [1.54, 1.807) is 43.3 Å². The number of nitrogens with zero attached hydrogens (tertiary/aromatic N) is 2. The Morgan fingerprint density at radius 1 is 1.22 bits per heavy atom. The topological polar surface area (TPSA) is 114 Å². The number of aromatic amines is 1. The van der Waals surface area contributed by atoms with E-state index in [-0.39, 0.29) is 23.2 Å². The molecule has 1 atom stereocenters. The third-order valence-electron chi connectivity index (χ3n) is 4.00. The van der Waals surface area contributed by atoms with E-state index < -0.39 is 23.7 Å². The Kier molecular flexibility index (Phi) is 5.25. The molecule has 0 bridgehead atoms. The summed E-state index contributed by atoms with van der Waals surface area (Å²) in [5.41, 5.74) is 7.20. The number of pyridine rings is 1. The highest BCUT2D eigenvalue weighted by molar-refractivity contribution is 6.00. The number of primary amides is 1. The normalized spacial score (nSPS) is 11.8. The Bertz CT molecular complexity index is 985. The van der Waals surface area contributed by atoms with Gasteiger partial charge in [0.1, 0.15) is 5.82 Å². The van der Waals surface area contributed by atoms with Gasteiger partial charge in [0, 0.05) is 11.3 Å². The number of halogens is 1. The monoisotopic (exact) mass is 367 g/mol. The average molecular weight is 367 g/mol. The van der Waals surface area contributed by atoms with E-state index in [0.717, 1.165) is 5.69 Å². The van der Waals surface area contributed by atoms with Gasteiger partial charge in [-0.3, -0.25) is 19.7 Å². The van der Waals surface area contributed by atoms with Gasteiger partial charge in [-0.1, -0.05) is 18.2 Å². The summed E-state index contributed by atoms with van der Waals surface area (Å²) in [4.78, 5) is 28.6. The van der Waals surface area contributed by atoms with Crippen LogP contribution in [0.25, 0.3) is 11.3 Å². The highest BCUT2D eigenvalue weighted by Gasteiger charge is 2.23. The van der Waals surface area contributed by atoms with E-state index in [1.807, 2.05) is 0 Å². The second-order valence-corrected chi connectivity index (χ2v) is 6.04. The van der Waals surface area contributed by atoms with Gasteiger partial charge in [-0.2, -0.15) is 5.10 Å². The maximum absolute atomic E-state index is 14.1. The first kappa shape index (κ1) is 18.2. The number of benzene rings is 1. The van der Waals surface area contributed by atoms with Crippen molar-refractivity contribution < 1.29 is 14.0 Å². The lowest BCUT2D eigenvalue weighted by molar-refractivity contribution is -0.118. The van der Waals surface area contributed by atoms with Crippen molar-refractivity contribution in [3.8, 4) is 11.3 Å². The van der Waals surface area contributed by atoms with Crippen molar-refractivity contribution in [1.82, 2.24) is 20.5 Å². The van der Waals surface area contributed by atoms with Crippen molar-refractivity contribution in [3.05, 3.63) is 71.4 Å². The summed E-state index contributed by atoms with van der Waals surface area (Å²) in [5.74, 6) is -1.58. The molecule has 2 aromatic heterocycles.